The van der Waals surface area contributed by atoms with Crippen molar-refractivity contribution in [2.45, 2.75) is 71.5 Å². The summed E-state index contributed by atoms with van der Waals surface area (Å²) in [4.78, 5) is 16.5. The number of aromatic carboxylic acids is 1. The molecule has 1 saturated carbocycles. The molecular weight excluding hydrogens is 426 g/mol. The van der Waals surface area contributed by atoms with Crippen LogP contribution in [-0.2, 0) is 11.3 Å². The van der Waals surface area contributed by atoms with Gasteiger partial charge in [-0.05, 0) is 67.0 Å². The van der Waals surface area contributed by atoms with Gasteiger partial charge in [-0.15, -0.1) is 5.10 Å². The van der Waals surface area contributed by atoms with Crippen LogP contribution in [0.3, 0.4) is 0 Å². The van der Waals surface area contributed by atoms with Crippen LogP contribution in [0.1, 0.15) is 84.1 Å². The lowest BCUT2D eigenvalue weighted by molar-refractivity contribution is 0.0252. The lowest BCUT2D eigenvalue weighted by atomic mass is 9.85. The van der Waals surface area contributed by atoms with E-state index in [-0.39, 0.29) is 6.10 Å². The first-order valence-electron chi connectivity index (χ1n) is 12.2. The lowest BCUT2D eigenvalue weighted by Gasteiger charge is -2.24. The van der Waals surface area contributed by atoms with Gasteiger partial charge in [0.15, 0.2) is 0 Å². The van der Waals surface area contributed by atoms with E-state index in [1.54, 1.807) is 12.3 Å². The van der Waals surface area contributed by atoms with E-state index in [9.17, 15) is 9.90 Å². The van der Waals surface area contributed by atoms with Crippen molar-refractivity contribution in [2.75, 3.05) is 0 Å². The number of aryl methyl sites for hydroxylation is 2. The van der Waals surface area contributed by atoms with Gasteiger partial charge in [-0.2, -0.15) is 5.10 Å². The van der Waals surface area contributed by atoms with Crippen molar-refractivity contribution < 1.29 is 14.6 Å². The molecule has 1 atom stereocenters. The average molecular weight is 460 g/mol. The first-order valence-corrected chi connectivity index (χ1v) is 12.2. The molecule has 3 aromatic rings. The Morgan fingerprint density at radius 3 is 2.62 bits per heavy atom. The fourth-order valence-corrected chi connectivity index (χ4v) is 4.91. The number of hydrogen-bond donors (Lipinski definition) is 1. The van der Waals surface area contributed by atoms with Gasteiger partial charge >= 0.3 is 5.97 Å². The molecule has 0 amide bonds. The highest BCUT2D eigenvalue weighted by molar-refractivity contribution is 5.96. The number of nitrogens with zero attached hydrogens (tertiary/aromatic N) is 3. The van der Waals surface area contributed by atoms with Crippen molar-refractivity contribution in [3.63, 3.8) is 0 Å². The molecule has 0 saturated heterocycles. The average Bonchev–Trinajstić information content (AvgIpc) is 2.85. The molecule has 178 valence electrons. The number of carbonyl (C=O) groups is 1. The summed E-state index contributed by atoms with van der Waals surface area (Å²) in [7, 11) is 0. The predicted octanol–water partition coefficient (Wildman–Crippen LogP) is 6.47. The zero-order valence-electron chi connectivity index (χ0n) is 20.0. The molecular formula is C28H33N3O3. The van der Waals surface area contributed by atoms with Gasteiger partial charge in [-0.3, -0.25) is 0 Å². The smallest absolute Gasteiger partial charge is 0.336 e. The fourth-order valence-electron chi connectivity index (χ4n) is 4.91. The first-order chi connectivity index (χ1) is 16.5. The van der Waals surface area contributed by atoms with Gasteiger partial charge in [-0.1, -0.05) is 62.4 Å². The quantitative estimate of drug-likeness (QED) is 0.395. The minimum atomic E-state index is -0.932. The number of hydrogen-bond acceptors (Lipinski definition) is 5. The van der Waals surface area contributed by atoms with Crippen LogP contribution >= 0.6 is 0 Å². The highest BCUT2D eigenvalue weighted by Crippen LogP contribution is 2.33. The highest BCUT2D eigenvalue weighted by atomic mass is 16.5. The third-order valence-electron chi connectivity index (χ3n) is 6.78. The molecule has 0 radical (unpaired) electrons. The zero-order chi connectivity index (χ0) is 23.9. The molecule has 0 aliphatic heterocycles. The molecule has 1 aliphatic rings. The van der Waals surface area contributed by atoms with Crippen LogP contribution in [0.4, 0.5) is 0 Å². The Bertz CT molecular complexity index is 1130. The minimum Gasteiger partial charge on any atom is -0.478 e. The molecule has 1 N–H and O–H groups in total. The monoisotopic (exact) mass is 459 g/mol. The first kappa shape index (κ1) is 24.0. The largest absolute Gasteiger partial charge is 0.478 e. The molecule has 2 aromatic carbocycles. The van der Waals surface area contributed by atoms with E-state index in [0.717, 1.165) is 41.1 Å². The molecule has 1 aliphatic carbocycles. The van der Waals surface area contributed by atoms with E-state index in [0.29, 0.717) is 23.6 Å². The van der Waals surface area contributed by atoms with Crippen molar-refractivity contribution in [1.29, 1.82) is 0 Å². The summed E-state index contributed by atoms with van der Waals surface area (Å²) in [5.74, 6) is 0.452. The number of rotatable bonds is 9. The number of benzene rings is 2. The second kappa shape index (κ2) is 11.3. The topological polar surface area (TPSA) is 85.2 Å². The summed E-state index contributed by atoms with van der Waals surface area (Å²) in [6, 6.07) is 13.3. The van der Waals surface area contributed by atoms with Gasteiger partial charge in [0.1, 0.15) is 11.9 Å². The zero-order valence-corrected chi connectivity index (χ0v) is 20.0. The van der Waals surface area contributed by atoms with E-state index in [4.69, 9.17) is 4.74 Å². The van der Waals surface area contributed by atoms with Crippen molar-refractivity contribution in [2.24, 2.45) is 5.92 Å². The van der Waals surface area contributed by atoms with Gasteiger partial charge in [0.05, 0.1) is 24.1 Å². The molecule has 6 nitrogen and oxygen atoms in total. The van der Waals surface area contributed by atoms with Crippen LogP contribution in [0.2, 0.25) is 0 Å². The number of ether oxygens (including phenoxy) is 1. The van der Waals surface area contributed by atoms with E-state index in [2.05, 4.69) is 15.2 Å². The van der Waals surface area contributed by atoms with E-state index in [1.165, 1.54) is 32.1 Å². The molecule has 1 fully saturated rings. The third-order valence-corrected chi connectivity index (χ3v) is 6.78. The van der Waals surface area contributed by atoms with Crippen LogP contribution in [0.5, 0.6) is 0 Å². The Labute approximate surface area is 201 Å². The summed E-state index contributed by atoms with van der Waals surface area (Å²) >= 11 is 0. The van der Waals surface area contributed by atoms with Crippen LogP contribution in [0.25, 0.3) is 11.1 Å². The van der Waals surface area contributed by atoms with Gasteiger partial charge < -0.3 is 9.84 Å². The molecule has 1 unspecified atom stereocenters. The highest BCUT2D eigenvalue weighted by Gasteiger charge is 2.21. The summed E-state index contributed by atoms with van der Waals surface area (Å²) in [6.45, 7) is 4.21. The maximum absolute atomic E-state index is 11.9. The fraction of sp³-hybridized carbons (Fsp3) is 0.429. The van der Waals surface area contributed by atoms with Crippen molar-refractivity contribution in [1.82, 2.24) is 15.2 Å². The van der Waals surface area contributed by atoms with Crippen LogP contribution in [0, 0.1) is 19.8 Å². The normalized spacial score (nSPS) is 15.2. The second-order valence-electron chi connectivity index (χ2n) is 9.31. The van der Waals surface area contributed by atoms with E-state index < -0.39 is 5.97 Å². The molecule has 4 rings (SSSR count). The molecule has 0 bridgehead atoms. The second-order valence-corrected chi connectivity index (χ2v) is 9.31. The predicted molar refractivity (Wildman–Crippen MR) is 131 cm³/mol. The van der Waals surface area contributed by atoms with Crippen LogP contribution in [0.15, 0.2) is 48.7 Å². The SMILES string of the molecule is Cc1nncc(C(CCC2CCCCC2)OCc2ccc(C(=O)O)c(-c3ccccc3C)c2)n1. The van der Waals surface area contributed by atoms with Gasteiger partial charge in [0, 0.05) is 0 Å². The molecule has 34 heavy (non-hydrogen) atoms. The number of carboxylic acids is 1. The Morgan fingerprint density at radius 1 is 1.09 bits per heavy atom. The standard InChI is InChI=1S/C28H33N3O3/c1-19-8-6-7-11-23(19)25-16-22(12-14-24(25)28(32)33)18-34-27(26-17-29-31-20(2)30-26)15-13-21-9-4-3-5-10-21/h6-8,11-12,14,16-17,21,27H,3-5,9-10,13,15,18H2,1-2H3,(H,32,33). The minimum absolute atomic E-state index is 0.169. The van der Waals surface area contributed by atoms with Crippen molar-refractivity contribution >= 4 is 5.97 Å². The van der Waals surface area contributed by atoms with Crippen molar-refractivity contribution in [3.8, 4) is 11.1 Å². The third kappa shape index (κ3) is 6.06. The summed E-state index contributed by atoms with van der Waals surface area (Å²) in [5, 5.41) is 17.8. The van der Waals surface area contributed by atoms with Crippen molar-refractivity contribution in [3.05, 3.63) is 76.9 Å². The van der Waals surface area contributed by atoms with Gasteiger partial charge in [0.25, 0.3) is 0 Å². The molecule has 0 spiro atoms. The Morgan fingerprint density at radius 2 is 1.88 bits per heavy atom. The van der Waals surface area contributed by atoms with Gasteiger partial charge in [0.2, 0.25) is 0 Å². The summed E-state index contributed by atoms with van der Waals surface area (Å²) < 4.78 is 6.40. The van der Waals surface area contributed by atoms with Gasteiger partial charge in [-0.25, -0.2) is 9.78 Å². The van der Waals surface area contributed by atoms with E-state index in [1.807, 2.05) is 50.2 Å². The maximum Gasteiger partial charge on any atom is 0.336 e. The Balaban J connectivity index is 1.54. The number of aromatic nitrogens is 3. The maximum atomic E-state index is 11.9. The van der Waals surface area contributed by atoms with Crippen LogP contribution < -0.4 is 0 Å². The summed E-state index contributed by atoms with van der Waals surface area (Å²) in [5.41, 5.74) is 4.71. The molecule has 6 heteroatoms. The Hall–Kier alpha value is -3.12. The Kier molecular flexibility index (Phi) is 8.01. The van der Waals surface area contributed by atoms with Crippen LogP contribution in [-0.4, -0.2) is 26.3 Å². The lowest BCUT2D eigenvalue weighted by Crippen LogP contribution is -2.13. The molecule has 1 aromatic heterocycles. The number of carboxylic acid groups (broad SMARTS) is 1. The molecule has 1 heterocycles. The van der Waals surface area contributed by atoms with E-state index >= 15 is 0 Å². The summed E-state index contributed by atoms with van der Waals surface area (Å²) in [6.07, 6.45) is 10.1.